The SMILES string of the molecule is CN1CCc2c(CC3CCC3)cc(N)cc2C1. The molecule has 0 atom stereocenters. The Morgan fingerprint density at radius 3 is 2.88 bits per heavy atom. The van der Waals surface area contributed by atoms with E-state index in [1.807, 2.05) is 0 Å². The number of nitrogens with two attached hydrogens (primary N) is 1. The van der Waals surface area contributed by atoms with Crippen molar-refractivity contribution in [2.24, 2.45) is 5.92 Å². The monoisotopic (exact) mass is 230 g/mol. The van der Waals surface area contributed by atoms with Crippen molar-refractivity contribution in [1.82, 2.24) is 4.90 Å². The first-order chi connectivity index (χ1) is 8.22. The van der Waals surface area contributed by atoms with Crippen LogP contribution in [0.15, 0.2) is 12.1 Å². The Kier molecular flexibility index (Phi) is 2.83. The van der Waals surface area contributed by atoms with Crippen molar-refractivity contribution in [3.05, 3.63) is 28.8 Å². The number of likely N-dealkylation sites (N-methyl/N-ethyl adjacent to an activating group) is 1. The van der Waals surface area contributed by atoms with Crippen molar-refractivity contribution < 1.29 is 0 Å². The van der Waals surface area contributed by atoms with Gasteiger partial charge in [0.2, 0.25) is 0 Å². The third-order valence-electron chi connectivity index (χ3n) is 4.37. The molecule has 1 aliphatic carbocycles. The van der Waals surface area contributed by atoms with Crippen molar-refractivity contribution in [1.29, 1.82) is 0 Å². The van der Waals surface area contributed by atoms with Gasteiger partial charge < -0.3 is 10.6 Å². The zero-order valence-electron chi connectivity index (χ0n) is 10.7. The topological polar surface area (TPSA) is 29.3 Å². The number of rotatable bonds is 2. The molecule has 2 heteroatoms. The lowest BCUT2D eigenvalue weighted by molar-refractivity contribution is 0.302. The second-order valence-electron chi connectivity index (χ2n) is 5.81. The number of anilines is 1. The molecule has 1 aromatic rings. The van der Waals surface area contributed by atoms with E-state index in [-0.39, 0.29) is 0 Å². The van der Waals surface area contributed by atoms with Crippen LogP contribution in [0.3, 0.4) is 0 Å². The van der Waals surface area contributed by atoms with Crippen molar-refractivity contribution in [2.75, 3.05) is 19.3 Å². The fraction of sp³-hybridized carbons (Fsp3) is 0.600. The van der Waals surface area contributed by atoms with Crippen LogP contribution in [0.1, 0.15) is 36.0 Å². The van der Waals surface area contributed by atoms with E-state index in [1.54, 1.807) is 5.56 Å². The van der Waals surface area contributed by atoms with Gasteiger partial charge in [-0.05, 0) is 54.6 Å². The molecular weight excluding hydrogens is 208 g/mol. The highest BCUT2D eigenvalue weighted by Crippen LogP contribution is 2.33. The van der Waals surface area contributed by atoms with Gasteiger partial charge in [-0.3, -0.25) is 0 Å². The second-order valence-corrected chi connectivity index (χ2v) is 5.81. The van der Waals surface area contributed by atoms with E-state index >= 15 is 0 Å². The average Bonchev–Trinajstić information content (AvgIpc) is 2.22. The summed E-state index contributed by atoms with van der Waals surface area (Å²) < 4.78 is 0. The Labute approximate surface area is 104 Å². The van der Waals surface area contributed by atoms with E-state index in [4.69, 9.17) is 5.73 Å². The van der Waals surface area contributed by atoms with Gasteiger partial charge >= 0.3 is 0 Å². The summed E-state index contributed by atoms with van der Waals surface area (Å²) in [6, 6.07) is 4.40. The van der Waals surface area contributed by atoms with Gasteiger partial charge in [-0.25, -0.2) is 0 Å². The van der Waals surface area contributed by atoms with Crippen molar-refractivity contribution in [3.63, 3.8) is 0 Å². The van der Waals surface area contributed by atoms with Gasteiger partial charge in [-0.15, -0.1) is 0 Å². The number of hydrogen-bond donors (Lipinski definition) is 1. The molecule has 2 aliphatic rings. The van der Waals surface area contributed by atoms with E-state index in [1.165, 1.54) is 49.8 Å². The van der Waals surface area contributed by atoms with Gasteiger partial charge in [0.1, 0.15) is 0 Å². The average molecular weight is 230 g/mol. The first-order valence-electron chi connectivity index (χ1n) is 6.81. The molecule has 0 amide bonds. The Bertz CT molecular complexity index is 421. The lowest BCUT2D eigenvalue weighted by Gasteiger charge is -2.30. The molecule has 3 rings (SSSR count). The second kappa shape index (κ2) is 4.34. The van der Waals surface area contributed by atoms with E-state index < -0.39 is 0 Å². The molecule has 1 saturated carbocycles. The number of benzene rings is 1. The largest absolute Gasteiger partial charge is 0.399 e. The predicted molar refractivity (Wildman–Crippen MR) is 71.9 cm³/mol. The van der Waals surface area contributed by atoms with E-state index in [0.29, 0.717) is 0 Å². The quantitative estimate of drug-likeness (QED) is 0.791. The van der Waals surface area contributed by atoms with Crippen LogP contribution in [0.2, 0.25) is 0 Å². The van der Waals surface area contributed by atoms with Gasteiger partial charge in [-0.2, -0.15) is 0 Å². The number of nitrogen functional groups attached to an aromatic ring is 1. The maximum Gasteiger partial charge on any atom is 0.0320 e. The summed E-state index contributed by atoms with van der Waals surface area (Å²) in [6.07, 6.45) is 6.73. The predicted octanol–water partition coefficient (Wildman–Crippen LogP) is 2.60. The van der Waals surface area contributed by atoms with Gasteiger partial charge in [0.25, 0.3) is 0 Å². The Balaban J connectivity index is 1.90. The van der Waals surface area contributed by atoms with Crippen LogP contribution >= 0.6 is 0 Å². The highest BCUT2D eigenvalue weighted by Gasteiger charge is 2.22. The van der Waals surface area contributed by atoms with Crippen LogP contribution in [0.5, 0.6) is 0 Å². The number of fused-ring (bicyclic) bond motifs is 1. The molecule has 1 aliphatic heterocycles. The Morgan fingerprint density at radius 2 is 2.18 bits per heavy atom. The molecule has 2 nitrogen and oxygen atoms in total. The summed E-state index contributed by atoms with van der Waals surface area (Å²) in [5, 5.41) is 0. The van der Waals surface area contributed by atoms with Crippen LogP contribution in [0.25, 0.3) is 0 Å². The Morgan fingerprint density at radius 1 is 1.35 bits per heavy atom. The summed E-state index contributed by atoms with van der Waals surface area (Å²) in [4.78, 5) is 2.38. The molecule has 0 spiro atoms. The smallest absolute Gasteiger partial charge is 0.0320 e. The van der Waals surface area contributed by atoms with Gasteiger partial charge in [-0.1, -0.05) is 19.3 Å². The molecule has 92 valence electrons. The fourth-order valence-electron chi connectivity index (χ4n) is 3.15. The summed E-state index contributed by atoms with van der Waals surface area (Å²) in [5.74, 6) is 0.931. The van der Waals surface area contributed by atoms with Crippen molar-refractivity contribution in [2.45, 2.75) is 38.6 Å². The highest BCUT2D eigenvalue weighted by atomic mass is 15.1. The molecule has 0 radical (unpaired) electrons. The van der Waals surface area contributed by atoms with Crippen molar-refractivity contribution in [3.8, 4) is 0 Å². The zero-order valence-corrected chi connectivity index (χ0v) is 10.7. The molecular formula is C15H22N2. The minimum Gasteiger partial charge on any atom is -0.399 e. The maximum atomic E-state index is 6.04. The lowest BCUT2D eigenvalue weighted by atomic mass is 9.79. The minimum atomic E-state index is 0.931. The number of nitrogens with zero attached hydrogens (tertiary/aromatic N) is 1. The van der Waals surface area contributed by atoms with Crippen LogP contribution in [0, 0.1) is 5.92 Å². The normalized spacial score (nSPS) is 21.0. The van der Waals surface area contributed by atoms with Gasteiger partial charge in [0.15, 0.2) is 0 Å². The van der Waals surface area contributed by atoms with E-state index in [9.17, 15) is 0 Å². The van der Waals surface area contributed by atoms with Crippen LogP contribution < -0.4 is 5.73 Å². The molecule has 2 N–H and O–H groups in total. The molecule has 0 saturated heterocycles. The molecule has 0 bridgehead atoms. The molecule has 1 fully saturated rings. The van der Waals surface area contributed by atoms with Crippen molar-refractivity contribution >= 4 is 5.69 Å². The highest BCUT2D eigenvalue weighted by molar-refractivity contribution is 5.50. The first-order valence-corrected chi connectivity index (χ1v) is 6.81. The molecule has 17 heavy (non-hydrogen) atoms. The maximum absolute atomic E-state index is 6.04. The van der Waals surface area contributed by atoms with Crippen LogP contribution in [-0.4, -0.2) is 18.5 Å². The number of hydrogen-bond acceptors (Lipinski definition) is 2. The fourth-order valence-corrected chi connectivity index (χ4v) is 3.15. The summed E-state index contributed by atoms with van der Waals surface area (Å²) in [5.41, 5.74) is 11.6. The minimum absolute atomic E-state index is 0.931. The molecule has 0 aromatic heterocycles. The molecule has 1 aromatic carbocycles. The molecule has 1 heterocycles. The zero-order chi connectivity index (χ0) is 11.8. The van der Waals surface area contributed by atoms with Crippen LogP contribution in [-0.2, 0) is 19.4 Å². The third-order valence-corrected chi connectivity index (χ3v) is 4.37. The lowest BCUT2D eigenvalue weighted by Crippen LogP contribution is -2.28. The van der Waals surface area contributed by atoms with Crippen LogP contribution in [0.4, 0.5) is 5.69 Å². The summed E-state index contributed by atoms with van der Waals surface area (Å²) >= 11 is 0. The summed E-state index contributed by atoms with van der Waals surface area (Å²) in [7, 11) is 2.19. The van der Waals surface area contributed by atoms with E-state index in [0.717, 1.165) is 18.2 Å². The molecule has 0 unspecified atom stereocenters. The summed E-state index contributed by atoms with van der Waals surface area (Å²) in [6.45, 7) is 2.26. The van der Waals surface area contributed by atoms with Gasteiger partial charge in [0, 0.05) is 18.8 Å². The van der Waals surface area contributed by atoms with E-state index in [2.05, 4.69) is 24.1 Å². The standard InChI is InChI=1S/C15H22N2/c1-17-6-5-15-12(7-11-3-2-4-11)8-14(16)9-13(15)10-17/h8-9,11H,2-7,10,16H2,1H3. The third kappa shape index (κ3) is 2.19. The first kappa shape index (κ1) is 11.1. The Hall–Kier alpha value is -1.02. The van der Waals surface area contributed by atoms with Gasteiger partial charge in [0.05, 0.1) is 0 Å².